The number of anilines is 1. The summed E-state index contributed by atoms with van der Waals surface area (Å²) < 4.78 is 17.2. The van der Waals surface area contributed by atoms with Gasteiger partial charge in [-0.3, -0.25) is 9.78 Å². The smallest absolute Gasteiger partial charge is 0.407 e. The number of thioether (sulfide) groups is 1. The first-order chi connectivity index (χ1) is 25.0. The van der Waals surface area contributed by atoms with Gasteiger partial charge in [-0.15, -0.1) is 10.2 Å². The standard InChI is InChI=1S/C38H40N6O6S/c1-48-37(47)42-34(33(26-11-4-2-5-12-26)27-13-6-3-7-14-27)35(46)41-30-15-9-8-10-25(30)16-17-29-22-40-31(23-45)32(49-29)24-51-38-44-43-36(50-38)28-18-20-39-21-19-28/h2-15,18-21,29,31-34,40,45H,16-17,22-24H2,1H3,(H,41,46)(H,42,47)/t29-,31-,32-,34+/m1/s1. The number of rotatable bonds is 14. The summed E-state index contributed by atoms with van der Waals surface area (Å²) in [6.07, 6.45) is 3.45. The average Bonchev–Trinajstić information content (AvgIpc) is 3.67. The molecule has 5 aromatic rings. The third-order valence-electron chi connectivity index (χ3n) is 8.73. The summed E-state index contributed by atoms with van der Waals surface area (Å²) in [6.45, 7) is 0.487. The number of hydrogen-bond acceptors (Lipinski definition) is 11. The molecule has 4 N–H and O–H groups in total. The number of morpholine rings is 1. The van der Waals surface area contributed by atoms with Gasteiger partial charge in [0.2, 0.25) is 11.8 Å². The van der Waals surface area contributed by atoms with Crippen molar-refractivity contribution in [3.05, 3.63) is 126 Å². The third-order valence-corrected chi connectivity index (χ3v) is 9.64. The van der Waals surface area contributed by atoms with Crippen LogP contribution in [0, 0.1) is 0 Å². The molecule has 264 valence electrons. The minimum Gasteiger partial charge on any atom is -0.453 e. The summed E-state index contributed by atoms with van der Waals surface area (Å²) in [4.78, 5) is 30.7. The molecular formula is C38H40N6O6S. The third kappa shape index (κ3) is 9.38. The Kier molecular flexibility index (Phi) is 12.4. The van der Waals surface area contributed by atoms with E-state index in [4.69, 9.17) is 13.9 Å². The monoisotopic (exact) mass is 708 g/mol. The van der Waals surface area contributed by atoms with Crippen LogP contribution in [0.4, 0.5) is 10.5 Å². The van der Waals surface area contributed by atoms with Crippen LogP contribution in [-0.2, 0) is 20.7 Å². The number of para-hydroxylation sites is 1. The highest BCUT2D eigenvalue weighted by Gasteiger charge is 2.34. The van der Waals surface area contributed by atoms with E-state index < -0.39 is 18.1 Å². The van der Waals surface area contributed by atoms with Crippen LogP contribution in [0.2, 0.25) is 0 Å². The first-order valence-electron chi connectivity index (χ1n) is 16.7. The second kappa shape index (κ2) is 17.7. The van der Waals surface area contributed by atoms with E-state index >= 15 is 0 Å². The van der Waals surface area contributed by atoms with Crippen LogP contribution in [0.25, 0.3) is 11.5 Å². The molecule has 3 heterocycles. The van der Waals surface area contributed by atoms with Gasteiger partial charge in [0, 0.05) is 41.9 Å². The van der Waals surface area contributed by atoms with Crippen LogP contribution in [0.1, 0.15) is 29.0 Å². The average molecular weight is 709 g/mol. The molecule has 1 aliphatic heterocycles. The molecule has 0 bridgehead atoms. The molecular weight excluding hydrogens is 669 g/mol. The molecule has 6 rings (SSSR count). The van der Waals surface area contributed by atoms with E-state index in [1.807, 2.05) is 84.9 Å². The summed E-state index contributed by atoms with van der Waals surface area (Å²) in [6, 6.07) is 29.2. The molecule has 0 spiro atoms. The fraction of sp³-hybridized carbons (Fsp3) is 0.289. The molecule has 0 aliphatic carbocycles. The molecule has 0 saturated carbocycles. The number of alkyl carbamates (subject to hydrolysis) is 1. The Balaban J connectivity index is 1.12. The zero-order chi connectivity index (χ0) is 35.4. The van der Waals surface area contributed by atoms with E-state index in [0.29, 0.717) is 41.9 Å². The second-order valence-electron chi connectivity index (χ2n) is 12.0. The van der Waals surface area contributed by atoms with Gasteiger partial charge < -0.3 is 34.9 Å². The van der Waals surface area contributed by atoms with E-state index in [9.17, 15) is 14.7 Å². The molecule has 2 amide bonds. The number of nitrogens with zero attached hydrogens (tertiary/aromatic N) is 3. The van der Waals surface area contributed by atoms with E-state index in [1.165, 1.54) is 18.9 Å². The molecule has 0 radical (unpaired) electrons. The molecule has 0 unspecified atom stereocenters. The van der Waals surface area contributed by atoms with Gasteiger partial charge in [0.15, 0.2) is 0 Å². The van der Waals surface area contributed by atoms with Crippen molar-refractivity contribution in [2.75, 3.05) is 31.3 Å². The minimum absolute atomic E-state index is 0.0767. The van der Waals surface area contributed by atoms with Crippen LogP contribution in [0.15, 0.2) is 119 Å². The summed E-state index contributed by atoms with van der Waals surface area (Å²) in [5.74, 6) is 0.0481. The molecule has 1 aliphatic rings. The quantitative estimate of drug-likeness (QED) is 0.114. The number of carbonyl (C=O) groups is 2. The fourth-order valence-electron chi connectivity index (χ4n) is 6.12. The van der Waals surface area contributed by atoms with Crippen LogP contribution in [0.5, 0.6) is 0 Å². The number of ether oxygens (including phenoxy) is 2. The Labute approximate surface area is 300 Å². The van der Waals surface area contributed by atoms with Crippen molar-refractivity contribution in [3.63, 3.8) is 0 Å². The predicted molar refractivity (Wildman–Crippen MR) is 193 cm³/mol. The van der Waals surface area contributed by atoms with Crippen molar-refractivity contribution in [1.82, 2.24) is 25.8 Å². The number of aliphatic hydroxyl groups excluding tert-OH is 1. The maximum atomic E-state index is 14.1. The van der Waals surface area contributed by atoms with Crippen LogP contribution in [0.3, 0.4) is 0 Å². The summed E-state index contributed by atoms with van der Waals surface area (Å²) >= 11 is 1.38. The molecule has 2 aromatic heterocycles. The summed E-state index contributed by atoms with van der Waals surface area (Å²) in [5, 5.41) is 28.1. The Morgan fingerprint density at radius 3 is 2.33 bits per heavy atom. The van der Waals surface area contributed by atoms with Crippen molar-refractivity contribution in [2.45, 2.75) is 48.3 Å². The van der Waals surface area contributed by atoms with E-state index in [2.05, 4.69) is 31.1 Å². The number of hydrogen-bond donors (Lipinski definition) is 4. The van der Waals surface area contributed by atoms with E-state index in [-0.39, 0.29) is 30.8 Å². The number of methoxy groups -OCH3 is 1. The molecule has 13 heteroatoms. The lowest BCUT2D eigenvalue weighted by atomic mass is 9.84. The Hall–Kier alpha value is -5.08. The number of aromatic nitrogens is 3. The fourth-order valence-corrected chi connectivity index (χ4v) is 6.97. The Morgan fingerprint density at radius 2 is 1.65 bits per heavy atom. The van der Waals surface area contributed by atoms with Gasteiger partial charge in [0.1, 0.15) is 6.04 Å². The number of amides is 2. The van der Waals surface area contributed by atoms with Crippen LogP contribution >= 0.6 is 11.8 Å². The molecule has 4 atom stereocenters. The van der Waals surface area contributed by atoms with Crippen LogP contribution in [-0.4, -0.2) is 82.6 Å². The number of pyridine rings is 1. The van der Waals surface area contributed by atoms with Gasteiger partial charge in [-0.25, -0.2) is 4.79 Å². The maximum absolute atomic E-state index is 14.1. The lowest BCUT2D eigenvalue weighted by Gasteiger charge is -2.36. The van der Waals surface area contributed by atoms with Crippen molar-refractivity contribution in [2.24, 2.45) is 0 Å². The lowest BCUT2D eigenvalue weighted by Crippen LogP contribution is -2.55. The minimum atomic E-state index is -0.977. The van der Waals surface area contributed by atoms with E-state index in [0.717, 1.165) is 22.3 Å². The van der Waals surface area contributed by atoms with Gasteiger partial charge in [0.25, 0.3) is 5.22 Å². The molecule has 1 saturated heterocycles. The van der Waals surface area contributed by atoms with Gasteiger partial charge in [-0.05, 0) is 47.7 Å². The number of aryl methyl sites for hydroxylation is 1. The molecule has 1 fully saturated rings. The van der Waals surface area contributed by atoms with Crippen molar-refractivity contribution in [1.29, 1.82) is 0 Å². The van der Waals surface area contributed by atoms with Gasteiger partial charge in [0.05, 0.1) is 32.0 Å². The highest BCUT2D eigenvalue weighted by Crippen LogP contribution is 2.30. The molecule has 3 aromatic carbocycles. The SMILES string of the molecule is COC(=O)N[C@H](C(=O)Nc1ccccc1CC[C@@H]1CN[C@H](CO)[C@@H](CSc2nnc(-c3ccncc3)o2)O1)C(c1ccccc1)c1ccccc1. The Bertz CT molecular complexity index is 1810. The van der Waals surface area contributed by atoms with Crippen molar-refractivity contribution < 1.29 is 28.6 Å². The predicted octanol–water partition coefficient (Wildman–Crippen LogP) is 5.07. The largest absolute Gasteiger partial charge is 0.453 e. The number of nitrogens with one attached hydrogen (secondary N) is 3. The second-order valence-corrected chi connectivity index (χ2v) is 13.0. The van der Waals surface area contributed by atoms with Gasteiger partial charge >= 0.3 is 6.09 Å². The normalized spacial score (nSPS) is 17.8. The van der Waals surface area contributed by atoms with Crippen molar-refractivity contribution >= 4 is 29.4 Å². The maximum Gasteiger partial charge on any atom is 0.407 e. The zero-order valence-corrected chi connectivity index (χ0v) is 28.9. The lowest BCUT2D eigenvalue weighted by molar-refractivity contribution is -0.118. The highest BCUT2D eigenvalue weighted by molar-refractivity contribution is 7.99. The number of carbonyl (C=O) groups excluding carboxylic acids is 2. The topological polar surface area (TPSA) is 161 Å². The van der Waals surface area contributed by atoms with Crippen LogP contribution < -0.4 is 16.0 Å². The first-order valence-corrected chi connectivity index (χ1v) is 17.7. The van der Waals surface area contributed by atoms with E-state index in [1.54, 1.807) is 24.5 Å². The summed E-state index contributed by atoms with van der Waals surface area (Å²) in [5.41, 5.74) is 4.10. The number of benzene rings is 3. The zero-order valence-electron chi connectivity index (χ0n) is 28.1. The van der Waals surface area contributed by atoms with Gasteiger partial charge in [-0.2, -0.15) is 0 Å². The highest BCUT2D eigenvalue weighted by atomic mass is 32.2. The van der Waals surface area contributed by atoms with Crippen molar-refractivity contribution in [3.8, 4) is 11.5 Å². The molecule has 51 heavy (non-hydrogen) atoms. The Morgan fingerprint density at radius 1 is 0.961 bits per heavy atom. The first kappa shape index (κ1) is 35.7. The van der Waals surface area contributed by atoms with Gasteiger partial charge in [-0.1, -0.05) is 90.6 Å². The summed E-state index contributed by atoms with van der Waals surface area (Å²) in [7, 11) is 1.28. The molecule has 12 nitrogen and oxygen atoms in total. The number of aliphatic hydroxyl groups is 1.